The number of carbonyl (C=O) groups excluding carboxylic acids is 2. The number of nitrogens with zero attached hydrogens (tertiary/aromatic N) is 2. The van der Waals surface area contributed by atoms with Crippen LogP contribution in [0.3, 0.4) is 0 Å². The summed E-state index contributed by atoms with van der Waals surface area (Å²) in [5.74, 6) is 1.14. The Morgan fingerprint density at radius 2 is 1.73 bits per heavy atom. The Morgan fingerprint density at radius 3 is 2.36 bits per heavy atom. The summed E-state index contributed by atoms with van der Waals surface area (Å²) in [5, 5.41) is 4.37. The van der Waals surface area contributed by atoms with Crippen LogP contribution in [0.2, 0.25) is 0 Å². The number of carbonyl (C=O) groups is 2. The summed E-state index contributed by atoms with van der Waals surface area (Å²) in [4.78, 5) is 27.0. The molecule has 2 amide bonds. The molecule has 6 heteroatoms. The second-order valence-corrected chi connectivity index (χ2v) is 11.1. The Bertz CT molecular complexity index is 1000. The van der Waals surface area contributed by atoms with Crippen LogP contribution in [0.5, 0.6) is 0 Å². The first-order chi connectivity index (χ1) is 15.8. The van der Waals surface area contributed by atoms with Crippen LogP contribution in [0.4, 0.5) is 0 Å². The van der Waals surface area contributed by atoms with Gasteiger partial charge in [-0.3, -0.25) is 9.59 Å². The van der Waals surface area contributed by atoms with Gasteiger partial charge in [-0.05, 0) is 60.3 Å². The van der Waals surface area contributed by atoms with Crippen LogP contribution >= 0.6 is 11.8 Å². The summed E-state index contributed by atoms with van der Waals surface area (Å²) in [5.41, 5.74) is 6.88. The second kappa shape index (κ2) is 10.1. The largest absolute Gasteiger partial charge is 0.322 e. The van der Waals surface area contributed by atoms with E-state index in [2.05, 4.69) is 31.3 Å². The van der Waals surface area contributed by atoms with Crippen molar-refractivity contribution < 1.29 is 9.59 Å². The van der Waals surface area contributed by atoms with E-state index in [9.17, 15) is 9.59 Å². The van der Waals surface area contributed by atoms with Gasteiger partial charge >= 0.3 is 0 Å². The third kappa shape index (κ3) is 5.85. The fourth-order valence-electron chi connectivity index (χ4n) is 4.60. The van der Waals surface area contributed by atoms with Crippen molar-refractivity contribution in [3.05, 3.63) is 71.3 Å². The van der Waals surface area contributed by atoms with E-state index in [-0.39, 0.29) is 17.2 Å². The first kappa shape index (κ1) is 23.6. The Labute approximate surface area is 201 Å². The Morgan fingerprint density at radius 1 is 1.06 bits per heavy atom. The quantitative estimate of drug-likeness (QED) is 0.572. The number of hydrazone groups is 1. The molecule has 33 heavy (non-hydrogen) atoms. The molecule has 2 aromatic rings. The van der Waals surface area contributed by atoms with Gasteiger partial charge in [0.15, 0.2) is 0 Å². The number of benzene rings is 2. The summed E-state index contributed by atoms with van der Waals surface area (Å²) in [6, 6.07) is 17.6. The summed E-state index contributed by atoms with van der Waals surface area (Å²) >= 11 is 1.63. The lowest BCUT2D eigenvalue weighted by atomic mass is 9.72. The minimum atomic E-state index is -0.191. The summed E-state index contributed by atoms with van der Waals surface area (Å²) in [6.45, 7) is 7.48. The second-order valence-electron chi connectivity index (χ2n) is 10.1. The number of nitrogens with one attached hydrogen (secondary N) is 1. The predicted molar refractivity (Wildman–Crippen MR) is 135 cm³/mol. The fourth-order valence-corrected chi connectivity index (χ4v) is 5.79. The minimum absolute atomic E-state index is 0.0342. The van der Waals surface area contributed by atoms with E-state index in [4.69, 9.17) is 0 Å². The molecule has 2 aromatic carbocycles. The van der Waals surface area contributed by atoms with E-state index in [1.807, 2.05) is 59.5 Å². The van der Waals surface area contributed by atoms with Gasteiger partial charge in [0.2, 0.25) is 5.91 Å². The summed E-state index contributed by atoms with van der Waals surface area (Å²) in [6.07, 6.45) is 4.16. The molecule has 5 nitrogen and oxygen atoms in total. The lowest BCUT2D eigenvalue weighted by Gasteiger charge is -2.34. The summed E-state index contributed by atoms with van der Waals surface area (Å²) in [7, 11) is 0. The number of hydrogen-bond donors (Lipinski definition) is 1. The average Bonchev–Trinajstić information content (AvgIpc) is 3.18. The molecule has 2 aliphatic rings. The molecule has 0 bridgehead atoms. The molecule has 0 unspecified atom stereocenters. The van der Waals surface area contributed by atoms with Crippen molar-refractivity contribution in [2.45, 2.75) is 58.4 Å². The third-order valence-corrected chi connectivity index (χ3v) is 7.98. The molecular formula is C27H33N3O2S. The van der Waals surface area contributed by atoms with Crippen molar-refractivity contribution in [1.29, 1.82) is 0 Å². The highest BCUT2D eigenvalue weighted by Crippen LogP contribution is 2.39. The van der Waals surface area contributed by atoms with Crippen LogP contribution in [0.25, 0.3) is 0 Å². The standard InChI is InChI=1S/C27H33N3O2S/c1-27(2,3)22-13-15-23(16-14-22)28-29-25(32)20-9-11-21(12-10-20)26-30(24(31)18-33-26)17-19-7-5-4-6-8-19/h4-12,22,26H,13-18H2,1-3H3,(H,29,32)/t22?,26-/m0/s1. The van der Waals surface area contributed by atoms with E-state index in [1.54, 1.807) is 11.8 Å². The van der Waals surface area contributed by atoms with Gasteiger partial charge in [0.05, 0.1) is 5.75 Å². The Hall–Kier alpha value is -2.60. The molecule has 0 aromatic heterocycles. The molecule has 2 fully saturated rings. The minimum Gasteiger partial charge on any atom is -0.322 e. The Kier molecular flexibility index (Phi) is 7.23. The number of hydrogen-bond acceptors (Lipinski definition) is 4. The molecular weight excluding hydrogens is 430 g/mol. The predicted octanol–water partition coefficient (Wildman–Crippen LogP) is 5.78. The lowest BCUT2D eigenvalue weighted by Crippen LogP contribution is -2.28. The molecule has 1 heterocycles. The van der Waals surface area contributed by atoms with E-state index < -0.39 is 0 Å². The van der Waals surface area contributed by atoms with Crippen LogP contribution in [-0.4, -0.2) is 28.2 Å². The zero-order valence-corrected chi connectivity index (χ0v) is 20.5. The van der Waals surface area contributed by atoms with Crippen molar-refractivity contribution >= 4 is 29.3 Å². The van der Waals surface area contributed by atoms with Gasteiger partial charge in [0.25, 0.3) is 5.91 Å². The number of rotatable bonds is 5. The third-order valence-electron chi connectivity index (χ3n) is 6.72. The van der Waals surface area contributed by atoms with Crippen molar-refractivity contribution in [1.82, 2.24) is 10.3 Å². The van der Waals surface area contributed by atoms with Gasteiger partial charge in [-0.2, -0.15) is 5.10 Å². The van der Waals surface area contributed by atoms with Crippen LogP contribution in [0, 0.1) is 11.3 Å². The van der Waals surface area contributed by atoms with Gasteiger partial charge in [-0.25, -0.2) is 5.43 Å². The molecule has 1 saturated heterocycles. The van der Waals surface area contributed by atoms with Gasteiger partial charge in [0, 0.05) is 17.8 Å². The highest BCUT2D eigenvalue weighted by molar-refractivity contribution is 8.00. The van der Waals surface area contributed by atoms with Crippen LogP contribution in [0.15, 0.2) is 59.7 Å². The molecule has 0 spiro atoms. The van der Waals surface area contributed by atoms with Crippen molar-refractivity contribution in [3.63, 3.8) is 0 Å². The molecule has 4 rings (SSSR count). The average molecular weight is 464 g/mol. The summed E-state index contributed by atoms with van der Waals surface area (Å²) < 4.78 is 0. The Balaban J connectivity index is 1.36. The maximum Gasteiger partial charge on any atom is 0.271 e. The van der Waals surface area contributed by atoms with Crippen molar-refractivity contribution in [2.24, 2.45) is 16.4 Å². The fraction of sp³-hybridized carbons (Fsp3) is 0.444. The number of thioether (sulfide) groups is 1. The lowest BCUT2D eigenvalue weighted by molar-refractivity contribution is -0.128. The SMILES string of the molecule is CC(C)(C)C1CCC(=NNC(=O)c2ccc([C@@H]3SCC(=O)N3Cc3ccccc3)cc2)CC1. The maximum atomic E-state index is 12.6. The molecule has 0 radical (unpaired) electrons. The molecule has 1 saturated carbocycles. The molecule has 1 aliphatic carbocycles. The van der Waals surface area contributed by atoms with Crippen molar-refractivity contribution in [2.75, 3.05) is 5.75 Å². The van der Waals surface area contributed by atoms with Gasteiger partial charge in [-0.1, -0.05) is 63.2 Å². The first-order valence-electron chi connectivity index (χ1n) is 11.7. The van der Waals surface area contributed by atoms with Gasteiger partial charge in [0.1, 0.15) is 5.37 Å². The molecule has 1 N–H and O–H groups in total. The first-order valence-corrected chi connectivity index (χ1v) is 12.8. The zero-order chi connectivity index (χ0) is 23.4. The van der Waals surface area contributed by atoms with E-state index >= 15 is 0 Å². The zero-order valence-electron chi connectivity index (χ0n) is 19.7. The monoisotopic (exact) mass is 463 g/mol. The molecule has 1 aliphatic heterocycles. The van der Waals surface area contributed by atoms with E-state index in [0.717, 1.165) is 42.5 Å². The van der Waals surface area contributed by atoms with Crippen molar-refractivity contribution in [3.8, 4) is 0 Å². The smallest absolute Gasteiger partial charge is 0.271 e. The van der Waals surface area contributed by atoms with Crippen LogP contribution in [0.1, 0.15) is 73.3 Å². The van der Waals surface area contributed by atoms with E-state index in [0.29, 0.717) is 29.2 Å². The highest BCUT2D eigenvalue weighted by atomic mass is 32.2. The van der Waals surface area contributed by atoms with Gasteiger partial charge in [-0.15, -0.1) is 11.8 Å². The van der Waals surface area contributed by atoms with Crippen LogP contribution < -0.4 is 5.43 Å². The highest BCUT2D eigenvalue weighted by Gasteiger charge is 2.33. The van der Waals surface area contributed by atoms with Gasteiger partial charge < -0.3 is 4.90 Å². The normalized spacial score (nSPS) is 21.2. The maximum absolute atomic E-state index is 12.6. The number of amides is 2. The van der Waals surface area contributed by atoms with E-state index in [1.165, 1.54) is 0 Å². The molecule has 174 valence electrons. The molecule has 1 atom stereocenters. The topological polar surface area (TPSA) is 61.8 Å². The van der Waals surface area contributed by atoms with Crippen LogP contribution in [-0.2, 0) is 11.3 Å².